The van der Waals surface area contributed by atoms with Gasteiger partial charge in [-0.05, 0) is 19.3 Å². The minimum Gasteiger partial charge on any atom is -0.356 e. The maximum absolute atomic E-state index is 10.2. The molecule has 0 aromatic carbocycles. The topological polar surface area (TPSA) is 38.7 Å². The lowest BCUT2D eigenvalue weighted by molar-refractivity contribution is 0.0501. The largest absolute Gasteiger partial charge is 0.356 e. The molecule has 0 radical (unpaired) electrons. The summed E-state index contributed by atoms with van der Waals surface area (Å²) < 4.78 is 5.50. The van der Waals surface area contributed by atoms with Crippen LogP contribution >= 0.6 is 0 Å². The molecule has 3 nitrogen and oxygen atoms in total. The van der Waals surface area contributed by atoms with Gasteiger partial charge in [-0.2, -0.15) is 4.99 Å². The minimum atomic E-state index is -0.259. The van der Waals surface area contributed by atoms with Gasteiger partial charge in [0, 0.05) is 6.61 Å². The molecule has 94 valence electrons. The van der Waals surface area contributed by atoms with E-state index in [-0.39, 0.29) is 6.23 Å². The van der Waals surface area contributed by atoms with E-state index in [0.717, 1.165) is 25.7 Å². The first-order valence-corrected chi connectivity index (χ1v) is 6.53. The highest BCUT2D eigenvalue weighted by Crippen LogP contribution is 2.10. The molecule has 1 atom stereocenters. The highest BCUT2D eigenvalue weighted by atomic mass is 16.5. The van der Waals surface area contributed by atoms with Gasteiger partial charge >= 0.3 is 0 Å². The van der Waals surface area contributed by atoms with Crippen LogP contribution in [0.5, 0.6) is 0 Å². The van der Waals surface area contributed by atoms with Gasteiger partial charge in [0.25, 0.3) is 0 Å². The fourth-order valence-electron chi connectivity index (χ4n) is 1.53. The van der Waals surface area contributed by atoms with Gasteiger partial charge in [-0.25, -0.2) is 4.79 Å². The summed E-state index contributed by atoms with van der Waals surface area (Å²) in [6.45, 7) is 5.01. The predicted octanol–water partition coefficient (Wildman–Crippen LogP) is 3.83. The third-order valence-electron chi connectivity index (χ3n) is 2.56. The van der Waals surface area contributed by atoms with E-state index in [1.165, 1.54) is 25.7 Å². The maximum atomic E-state index is 10.2. The van der Waals surface area contributed by atoms with E-state index in [1.807, 2.05) is 0 Å². The summed E-state index contributed by atoms with van der Waals surface area (Å²) in [6.07, 6.45) is 10.4. The van der Waals surface area contributed by atoms with Crippen molar-refractivity contribution in [1.82, 2.24) is 0 Å². The van der Waals surface area contributed by atoms with Gasteiger partial charge in [0.2, 0.25) is 6.08 Å². The van der Waals surface area contributed by atoms with E-state index in [0.29, 0.717) is 6.61 Å². The van der Waals surface area contributed by atoms with Gasteiger partial charge in [0.1, 0.15) is 0 Å². The molecule has 0 aromatic rings. The Morgan fingerprint density at radius 3 is 2.38 bits per heavy atom. The Morgan fingerprint density at radius 2 is 1.75 bits per heavy atom. The minimum absolute atomic E-state index is 0.259. The van der Waals surface area contributed by atoms with Crippen LogP contribution in [0.4, 0.5) is 0 Å². The van der Waals surface area contributed by atoms with E-state index in [9.17, 15) is 4.79 Å². The number of isocyanates is 1. The molecule has 0 heterocycles. The van der Waals surface area contributed by atoms with Crippen molar-refractivity contribution < 1.29 is 9.53 Å². The molecule has 0 bridgehead atoms. The average molecular weight is 227 g/mol. The second-order valence-corrected chi connectivity index (χ2v) is 4.10. The van der Waals surface area contributed by atoms with Crippen LogP contribution in [0.15, 0.2) is 4.99 Å². The van der Waals surface area contributed by atoms with Gasteiger partial charge in [0.05, 0.1) is 0 Å². The van der Waals surface area contributed by atoms with E-state index in [4.69, 9.17) is 4.74 Å². The first kappa shape index (κ1) is 15.3. The van der Waals surface area contributed by atoms with Crippen molar-refractivity contribution in [1.29, 1.82) is 0 Å². The Labute approximate surface area is 99.3 Å². The number of aliphatic imine (C=N–C) groups is 1. The Bertz CT molecular complexity index is 188. The summed E-state index contributed by atoms with van der Waals surface area (Å²) in [5.41, 5.74) is 0. The SMILES string of the molecule is CCCCCCCC(N=C=O)OCCCC. The zero-order chi connectivity index (χ0) is 12.1. The first-order valence-electron chi connectivity index (χ1n) is 6.53. The van der Waals surface area contributed by atoms with Gasteiger partial charge in [-0.3, -0.25) is 0 Å². The Balaban J connectivity index is 3.55. The van der Waals surface area contributed by atoms with Crippen LogP contribution in [-0.2, 0) is 9.53 Å². The fourth-order valence-corrected chi connectivity index (χ4v) is 1.53. The molecule has 0 aliphatic rings. The number of unbranched alkanes of at least 4 members (excludes halogenated alkanes) is 5. The maximum Gasteiger partial charge on any atom is 0.237 e. The molecular formula is C13H25NO2. The van der Waals surface area contributed by atoms with Gasteiger partial charge < -0.3 is 4.74 Å². The lowest BCUT2D eigenvalue weighted by atomic mass is 10.1. The molecule has 0 N–H and O–H groups in total. The Morgan fingerprint density at radius 1 is 1.06 bits per heavy atom. The summed E-state index contributed by atoms with van der Waals surface area (Å²) in [7, 11) is 0. The summed E-state index contributed by atoms with van der Waals surface area (Å²) in [5.74, 6) is 0. The highest BCUT2D eigenvalue weighted by molar-refractivity contribution is 5.33. The molecule has 0 aromatic heterocycles. The quantitative estimate of drug-likeness (QED) is 0.306. The molecule has 0 aliphatic carbocycles. The fraction of sp³-hybridized carbons (Fsp3) is 0.923. The van der Waals surface area contributed by atoms with Crippen molar-refractivity contribution in [2.24, 2.45) is 4.99 Å². The predicted molar refractivity (Wildman–Crippen MR) is 66.1 cm³/mol. The van der Waals surface area contributed by atoms with E-state index >= 15 is 0 Å². The Hall–Kier alpha value is -0.660. The number of rotatable bonds is 11. The second-order valence-electron chi connectivity index (χ2n) is 4.10. The first-order chi connectivity index (χ1) is 7.85. The van der Waals surface area contributed by atoms with E-state index < -0.39 is 0 Å². The van der Waals surface area contributed by atoms with Crippen molar-refractivity contribution >= 4 is 6.08 Å². The molecule has 0 aliphatic heterocycles. The summed E-state index contributed by atoms with van der Waals surface area (Å²) >= 11 is 0. The second kappa shape index (κ2) is 12.4. The average Bonchev–Trinajstić information content (AvgIpc) is 2.29. The molecule has 0 rings (SSSR count). The third kappa shape index (κ3) is 9.88. The summed E-state index contributed by atoms with van der Waals surface area (Å²) in [6, 6.07) is 0. The third-order valence-corrected chi connectivity index (χ3v) is 2.56. The summed E-state index contributed by atoms with van der Waals surface area (Å²) in [4.78, 5) is 13.9. The van der Waals surface area contributed by atoms with Gasteiger partial charge in [0.15, 0.2) is 6.23 Å². The molecule has 1 unspecified atom stereocenters. The molecule has 0 saturated heterocycles. The lowest BCUT2D eigenvalue weighted by Gasteiger charge is -2.11. The van der Waals surface area contributed by atoms with Crippen LogP contribution in [0.2, 0.25) is 0 Å². The van der Waals surface area contributed by atoms with Crippen molar-refractivity contribution in [2.75, 3.05) is 6.61 Å². The number of hydrogen-bond acceptors (Lipinski definition) is 3. The Kier molecular flexibility index (Phi) is 11.9. The number of nitrogens with zero attached hydrogens (tertiary/aromatic N) is 1. The van der Waals surface area contributed by atoms with E-state index in [2.05, 4.69) is 18.8 Å². The number of carbonyl (C=O) groups excluding carboxylic acids is 1. The van der Waals surface area contributed by atoms with Crippen molar-refractivity contribution in [3.05, 3.63) is 0 Å². The standard InChI is InChI=1S/C13H25NO2/c1-3-5-7-8-9-10-13(14-12-15)16-11-6-4-2/h13H,3-11H2,1-2H3. The van der Waals surface area contributed by atoms with Crippen LogP contribution in [-0.4, -0.2) is 18.9 Å². The summed E-state index contributed by atoms with van der Waals surface area (Å²) in [5, 5.41) is 0. The molecular weight excluding hydrogens is 202 g/mol. The van der Waals surface area contributed by atoms with Crippen LogP contribution in [0.25, 0.3) is 0 Å². The smallest absolute Gasteiger partial charge is 0.237 e. The van der Waals surface area contributed by atoms with Crippen LogP contribution < -0.4 is 0 Å². The molecule has 3 heteroatoms. The molecule has 0 fully saturated rings. The molecule has 0 amide bonds. The molecule has 0 saturated carbocycles. The van der Waals surface area contributed by atoms with Gasteiger partial charge in [-0.1, -0.05) is 46.0 Å². The zero-order valence-corrected chi connectivity index (χ0v) is 10.7. The van der Waals surface area contributed by atoms with Crippen LogP contribution in [0, 0.1) is 0 Å². The van der Waals surface area contributed by atoms with Crippen molar-refractivity contribution in [3.63, 3.8) is 0 Å². The van der Waals surface area contributed by atoms with Crippen LogP contribution in [0.3, 0.4) is 0 Å². The van der Waals surface area contributed by atoms with Crippen LogP contribution in [0.1, 0.15) is 65.2 Å². The number of ether oxygens (including phenoxy) is 1. The highest BCUT2D eigenvalue weighted by Gasteiger charge is 2.05. The monoisotopic (exact) mass is 227 g/mol. The number of hydrogen-bond donors (Lipinski definition) is 0. The lowest BCUT2D eigenvalue weighted by Crippen LogP contribution is -2.10. The van der Waals surface area contributed by atoms with Crippen molar-refractivity contribution in [3.8, 4) is 0 Å². The van der Waals surface area contributed by atoms with E-state index in [1.54, 1.807) is 6.08 Å². The molecule has 0 spiro atoms. The van der Waals surface area contributed by atoms with Crippen molar-refractivity contribution in [2.45, 2.75) is 71.4 Å². The normalized spacial score (nSPS) is 12.1. The zero-order valence-electron chi connectivity index (χ0n) is 10.7. The molecule has 16 heavy (non-hydrogen) atoms. The van der Waals surface area contributed by atoms with Gasteiger partial charge in [-0.15, -0.1) is 0 Å².